The van der Waals surface area contributed by atoms with Crippen LogP contribution < -0.4 is 10.5 Å². The molecule has 3 N–H and O–H groups in total. The number of aromatic nitrogens is 2. The zero-order valence-corrected chi connectivity index (χ0v) is 11.5. The van der Waals surface area contributed by atoms with Crippen LogP contribution >= 0.6 is 12.8 Å². The predicted molar refractivity (Wildman–Crippen MR) is 81.9 cm³/mol. The quantitative estimate of drug-likeness (QED) is 0.635. The van der Waals surface area contributed by atoms with Gasteiger partial charge in [0.25, 0.3) is 0 Å². The smallest absolute Gasteiger partial charge is 0.220 e. The van der Waals surface area contributed by atoms with Gasteiger partial charge in [-0.25, -0.2) is 18.7 Å². The summed E-state index contributed by atoms with van der Waals surface area (Å²) in [4.78, 5) is 7.92. The number of nitrogens with zero attached hydrogens (tertiary/aromatic N) is 2. The zero-order chi connectivity index (χ0) is 15.0. The summed E-state index contributed by atoms with van der Waals surface area (Å²) in [6, 6.07) is 7.30. The van der Waals surface area contributed by atoms with E-state index in [9.17, 15) is 8.78 Å². The third kappa shape index (κ3) is 2.36. The molecule has 0 aliphatic heterocycles. The SMILES string of the molecule is Nc1ncc2cc(-c3c(F)ccc(NS)c3F)ccc2n1. The van der Waals surface area contributed by atoms with E-state index in [1.807, 2.05) is 0 Å². The summed E-state index contributed by atoms with van der Waals surface area (Å²) in [5, 5.41) is 0.643. The predicted octanol–water partition coefficient (Wildman–Crippen LogP) is 3.41. The fourth-order valence-corrected chi connectivity index (χ4v) is 2.28. The fraction of sp³-hybridized carbons (Fsp3) is 0. The van der Waals surface area contributed by atoms with Crippen molar-refractivity contribution in [1.82, 2.24) is 9.97 Å². The van der Waals surface area contributed by atoms with Crippen molar-refractivity contribution < 1.29 is 8.78 Å². The number of fused-ring (bicyclic) bond motifs is 1. The van der Waals surface area contributed by atoms with Crippen molar-refractivity contribution in [2.75, 3.05) is 10.5 Å². The molecule has 0 fully saturated rings. The summed E-state index contributed by atoms with van der Waals surface area (Å²) in [6.07, 6.45) is 1.51. The van der Waals surface area contributed by atoms with Crippen molar-refractivity contribution in [2.24, 2.45) is 0 Å². The van der Waals surface area contributed by atoms with Crippen LogP contribution in [0.4, 0.5) is 20.4 Å². The maximum Gasteiger partial charge on any atom is 0.220 e. The lowest BCUT2D eigenvalue weighted by Crippen LogP contribution is -1.96. The van der Waals surface area contributed by atoms with Crippen LogP contribution in [0.1, 0.15) is 0 Å². The maximum absolute atomic E-state index is 14.3. The number of nitrogens with two attached hydrogens (primary N) is 1. The molecule has 0 radical (unpaired) electrons. The Morgan fingerprint density at radius 2 is 1.95 bits per heavy atom. The van der Waals surface area contributed by atoms with Gasteiger partial charge in [-0.05, 0) is 29.8 Å². The summed E-state index contributed by atoms with van der Waals surface area (Å²) in [7, 11) is 0. The van der Waals surface area contributed by atoms with E-state index >= 15 is 0 Å². The first kappa shape index (κ1) is 13.6. The summed E-state index contributed by atoms with van der Waals surface area (Å²) in [5.74, 6) is -1.22. The minimum absolute atomic E-state index is 0.100. The Bertz CT molecular complexity index is 839. The van der Waals surface area contributed by atoms with E-state index in [0.29, 0.717) is 16.5 Å². The lowest BCUT2D eigenvalue weighted by molar-refractivity contribution is 0.592. The zero-order valence-electron chi connectivity index (χ0n) is 10.6. The van der Waals surface area contributed by atoms with E-state index < -0.39 is 11.6 Å². The number of halogens is 2. The van der Waals surface area contributed by atoms with Crippen LogP contribution in [-0.4, -0.2) is 9.97 Å². The number of anilines is 2. The average molecular weight is 304 g/mol. The number of hydrogen-bond donors (Lipinski definition) is 3. The van der Waals surface area contributed by atoms with E-state index in [0.717, 1.165) is 0 Å². The normalized spacial score (nSPS) is 10.8. The first-order chi connectivity index (χ1) is 10.1. The summed E-state index contributed by atoms with van der Waals surface area (Å²) in [5.41, 5.74) is 6.46. The highest BCUT2D eigenvalue weighted by Gasteiger charge is 2.15. The van der Waals surface area contributed by atoms with Gasteiger partial charge in [-0.1, -0.05) is 18.9 Å². The van der Waals surface area contributed by atoms with Gasteiger partial charge in [0.05, 0.1) is 16.8 Å². The minimum Gasteiger partial charge on any atom is -0.368 e. The van der Waals surface area contributed by atoms with E-state index in [-0.39, 0.29) is 17.2 Å². The van der Waals surface area contributed by atoms with Gasteiger partial charge in [0.2, 0.25) is 5.95 Å². The molecule has 0 bridgehead atoms. The van der Waals surface area contributed by atoms with Gasteiger partial charge in [0, 0.05) is 11.6 Å². The van der Waals surface area contributed by atoms with Crippen LogP contribution in [-0.2, 0) is 0 Å². The first-order valence-electron chi connectivity index (χ1n) is 6.01. The molecule has 0 aliphatic rings. The number of thiol groups is 1. The molecule has 0 atom stereocenters. The molecule has 0 spiro atoms. The van der Waals surface area contributed by atoms with Gasteiger partial charge in [0.15, 0.2) is 5.82 Å². The first-order valence-corrected chi connectivity index (χ1v) is 6.45. The molecular formula is C14H10F2N4S. The maximum atomic E-state index is 14.3. The Kier molecular flexibility index (Phi) is 3.34. The van der Waals surface area contributed by atoms with E-state index in [1.54, 1.807) is 18.2 Å². The third-order valence-electron chi connectivity index (χ3n) is 3.10. The largest absolute Gasteiger partial charge is 0.368 e. The van der Waals surface area contributed by atoms with Crippen LogP contribution in [0.3, 0.4) is 0 Å². The van der Waals surface area contributed by atoms with Gasteiger partial charge in [-0.3, -0.25) is 0 Å². The second-order valence-electron chi connectivity index (χ2n) is 4.40. The van der Waals surface area contributed by atoms with Gasteiger partial charge in [-0.15, -0.1) is 0 Å². The van der Waals surface area contributed by atoms with Crippen LogP contribution in [0.5, 0.6) is 0 Å². The van der Waals surface area contributed by atoms with Gasteiger partial charge in [-0.2, -0.15) is 0 Å². The van der Waals surface area contributed by atoms with Crippen molar-refractivity contribution in [3.05, 3.63) is 48.2 Å². The standard InChI is InChI=1S/C14H10F2N4S/c15-9-2-4-11(20-21)13(16)12(9)7-1-3-10-8(5-7)6-18-14(17)19-10/h1-6,20-21H,(H2,17,18,19). The molecule has 106 valence electrons. The van der Waals surface area contributed by atoms with Crippen molar-refractivity contribution >= 4 is 35.4 Å². The van der Waals surface area contributed by atoms with Gasteiger partial charge >= 0.3 is 0 Å². The van der Waals surface area contributed by atoms with Crippen molar-refractivity contribution in [2.45, 2.75) is 0 Å². The van der Waals surface area contributed by atoms with Gasteiger partial charge < -0.3 is 10.5 Å². The minimum atomic E-state index is -0.708. The molecule has 0 unspecified atom stereocenters. The Labute approximate surface area is 124 Å². The van der Waals surface area contributed by atoms with Gasteiger partial charge in [0.1, 0.15) is 5.82 Å². The van der Waals surface area contributed by atoms with E-state index in [4.69, 9.17) is 5.73 Å². The van der Waals surface area contributed by atoms with Crippen molar-refractivity contribution in [1.29, 1.82) is 0 Å². The van der Waals surface area contributed by atoms with Crippen LogP contribution in [0.25, 0.3) is 22.0 Å². The Morgan fingerprint density at radius 3 is 2.71 bits per heavy atom. The molecule has 4 nitrogen and oxygen atoms in total. The Morgan fingerprint density at radius 1 is 1.14 bits per heavy atom. The van der Waals surface area contributed by atoms with Crippen LogP contribution in [0, 0.1) is 11.6 Å². The highest BCUT2D eigenvalue weighted by Crippen LogP contribution is 2.32. The molecule has 1 heterocycles. The van der Waals surface area contributed by atoms with Crippen molar-refractivity contribution in [3.63, 3.8) is 0 Å². The summed E-state index contributed by atoms with van der Waals surface area (Å²) < 4.78 is 30.6. The molecule has 21 heavy (non-hydrogen) atoms. The van der Waals surface area contributed by atoms with Crippen LogP contribution in [0.2, 0.25) is 0 Å². The molecule has 7 heteroatoms. The monoisotopic (exact) mass is 304 g/mol. The summed E-state index contributed by atoms with van der Waals surface area (Å²) in [6.45, 7) is 0. The second kappa shape index (κ2) is 5.17. The second-order valence-corrected chi connectivity index (χ2v) is 4.62. The molecule has 0 saturated carbocycles. The molecule has 0 aliphatic carbocycles. The molecule has 0 saturated heterocycles. The number of hydrogen-bond acceptors (Lipinski definition) is 5. The number of rotatable bonds is 2. The molecule has 2 aromatic carbocycles. The van der Waals surface area contributed by atoms with E-state index in [1.165, 1.54) is 18.3 Å². The summed E-state index contributed by atoms with van der Waals surface area (Å²) >= 11 is 3.80. The van der Waals surface area contributed by atoms with Crippen molar-refractivity contribution in [3.8, 4) is 11.1 Å². The highest BCUT2D eigenvalue weighted by molar-refractivity contribution is 7.81. The van der Waals surface area contributed by atoms with E-state index in [2.05, 4.69) is 27.5 Å². The lowest BCUT2D eigenvalue weighted by Gasteiger charge is -2.10. The molecule has 0 amide bonds. The Hall–Kier alpha value is -2.41. The topological polar surface area (TPSA) is 63.8 Å². The molecular weight excluding hydrogens is 294 g/mol. The molecule has 3 rings (SSSR count). The average Bonchev–Trinajstić information content (AvgIpc) is 2.47. The Balaban J connectivity index is 2.23. The van der Waals surface area contributed by atoms with Crippen LogP contribution in [0.15, 0.2) is 36.5 Å². The molecule has 3 aromatic rings. The molecule has 1 aromatic heterocycles. The number of nitrogen functional groups attached to an aromatic ring is 1. The lowest BCUT2D eigenvalue weighted by atomic mass is 10.0. The highest BCUT2D eigenvalue weighted by atomic mass is 32.1. The number of nitrogens with one attached hydrogen (secondary N) is 1. The number of benzene rings is 2. The fourth-order valence-electron chi connectivity index (χ4n) is 2.11. The third-order valence-corrected chi connectivity index (χ3v) is 3.34.